The van der Waals surface area contributed by atoms with Gasteiger partial charge in [0.05, 0.1) is 24.9 Å². The van der Waals surface area contributed by atoms with Crippen LogP contribution in [0.15, 0.2) is 0 Å². The number of hydrogen-bond donors (Lipinski definition) is 6. The number of hydrogen-bond acceptors (Lipinski definition) is 12. The van der Waals surface area contributed by atoms with Crippen LogP contribution in [0.1, 0.15) is 145 Å². The Balaban J connectivity index is 1.68. The maximum absolute atomic E-state index is 13.9. The van der Waals surface area contributed by atoms with Gasteiger partial charge in [-0.05, 0) is 81.5 Å². The van der Waals surface area contributed by atoms with E-state index in [1.165, 1.54) is 31.1 Å². The van der Waals surface area contributed by atoms with E-state index in [9.17, 15) is 35.1 Å². The van der Waals surface area contributed by atoms with Gasteiger partial charge in [0.25, 0.3) is 5.91 Å². The van der Waals surface area contributed by atoms with Crippen molar-refractivity contribution in [2.45, 2.75) is 228 Å². The summed E-state index contributed by atoms with van der Waals surface area (Å²) in [5.74, 6) is 0.989. The standard InChI is InChI=1S/C46H83IN2O12/c1-10-14-16-26(5)31-19-17-29(18-20-31)22-34(43(56)49(8)9)58-42-36(48-28(7)51)44(60-35(25-50)38(42)53)59-33-24-32(46(47,13-4)21-15-11-2)23-30(12-3)41(33)61-45-40(55)39(54)37(52)27(6)57-45/h26-27,29-42,44-45,50,52-55H,10-25H2,1-9H3,(H,48,51)/t26?,27?,29?,30?,31?,32?,33-,34+,35?,36?,37-,38+,39?,40?,41?,42?,44-,45+,46?/m1/s1. The molecule has 61 heavy (non-hydrogen) atoms. The molecule has 0 aromatic heterocycles. The summed E-state index contributed by atoms with van der Waals surface area (Å²) < 4.78 is 32.6. The number of ether oxygens (including phenoxy) is 5. The third-order valence-corrected chi connectivity index (χ3v) is 16.8. The maximum atomic E-state index is 13.9. The molecule has 2 aliphatic carbocycles. The van der Waals surface area contributed by atoms with Gasteiger partial charge < -0.3 is 59.4 Å². The molecule has 2 aliphatic heterocycles. The highest BCUT2D eigenvalue weighted by Gasteiger charge is 2.54. The highest BCUT2D eigenvalue weighted by molar-refractivity contribution is 14.1. The zero-order valence-corrected chi connectivity index (χ0v) is 40.8. The lowest BCUT2D eigenvalue weighted by Gasteiger charge is -2.51. The predicted molar refractivity (Wildman–Crippen MR) is 241 cm³/mol. The molecule has 0 spiro atoms. The second-order valence-electron chi connectivity index (χ2n) is 19.2. The van der Waals surface area contributed by atoms with Crippen LogP contribution in [-0.4, -0.2) is 146 Å². The largest absolute Gasteiger partial charge is 0.394 e. The molecule has 0 bridgehead atoms. The minimum Gasteiger partial charge on any atom is -0.394 e. The molecule has 2 saturated carbocycles. The van der Waals surface area contributed by atoms with Gasteiger partial charge in [0.1, 0.15) is 48.8 Å². The van der Waals surface area contributed by atoms with E-state index in [0.29, 0.717) is 31.1 Å². The van der Waals surface area contributed by atoms with Gasteiger partial charge in [-0.1, -0.05) is 109 Å². The SMILES string of the molecule is CCCCC(C)C1CCC(C[C@H](OC2C(NC(C)=O)[C@H](O[C@@H]3CC(C(I)(CC)CCCC)CC(CC)C3O[C@@H]3OC(C)[C@@H](O)C(O)C3O)OC(CO)[C@@H]2O)C(=O)N(C)C)CC1. The molecule has 15 heteroatoms. The first-order valence-corrected chi connectivity index (χ1v) is 24.8. The lowest BCUT2D eigenvalue weighted by atomic mass is 9.69. The smallest absolute Gasteiger partial charge is 0.251 e. The third kappa shape index (κ3) is 13.7. The Morgan fingerprint density at radius 2 is 1.56 bits per heavy atom. The van der Waals surface area contributed by atoms with Gasteiger partial charge in [0.15, 0.2) is 12.6 Å². The Labute approximate surface area is 380 Å². The Bertz CT molecular complexity index is 1330. The summed E-state index contributed by atoms with van der Waals surface area (Å²) in [6.45, 7) is 13.4. The maximum Gasteiger partial charge on any atom is 0.251 e. The Morgan fingerprint density at radius 3 is 2.13 bits per heavy atom. The summed E-state index contributed by atoms with van der Waals surface area (Å²) in [6, 6.07) is -1.09. The topological polar surface area (TPSA) is 197 Å². The lowest BCUT2D eigenvalue weighted by molar-refractivity contribution is -0.339. The molecule has 14 nitrogen and oxygen atoms in total. The van der Waals surface area contributed by atoms with Crippen molar-refractivity contribution in [1.29, 1.82) is 0 Å². The summed E-state index contributed by atoms with van der Waals surface area (Å²) in [5, 5.41) is 57.7. The number of rotatable bonds is 21. The van der Waals surface area contributed by atoms with Crippen LogP contribution in [0.5, 0.6) is 0 Å². The quantitative estimate of drug-likeness (QED) is 0.0648. The van der Waals surface area contributed by atoms with E-state index < -0.39 is 92.2 Å². The van der Waals surface area contributed by atoms with Gasteiger partial charge in [0.2, 0.25) is 5.91 Å². The number of carbonyl (C=O) groups is 2. The van der Waals surface area contributed by atoms with Gasteiger partial charge in [-0.2, -0.15) is 0 Å². The Kier molecular flexibility index (Phi) is 21.4. The van der Waals surface area contributed by atoms with E-state index in [-0.39, 0.29) is 27.1 Å². The molecule has 356 valence electrons. The van der Waals surface area contributed by atoms with Crippen LogP contribution in [0, 0.1) is 29.6 Å². The van der Waals surface area contributed by atoms with E-state index in [2.05, 4.69) is 62.5 Å². The highest BCUT2D eigenvalue weighted by atomic mass is 127. The van der Waals surface area contributed by atoms with Crippen molar-refractivity contribution in [3.63, 3.8) is 0 Å². The number of aliphatic hydroxyl groups is 5. The monoisotopic (exact) mass is 982 g/mol. The molecule has 0 aromatic carbocycles. The zero-order chi connectivity index (χ0) is 45.2. The number of halogens is 1. The minimum atomic E-state index is -1.53. The van der Waals surface area contributed by atoms with Crippen LogP contribution >= 0.6 is 22.6 Å². The fourth-order valence-electron chi connectivity index (χ4n) is 10.5. The summed E-state index contributed by atoms with van der Waals surface area (Å²) in [7, 11) is 3.36. The van der Waals surface area contributed by atoms with Crippen molar-refractivity contribution in [1.82, 2.24) is 10.2 Å². The summed E-state index contributed by atoms with van der Waals surface area (Å²) in [6.07, 6.45) is 0.611. The van der Waals surface area contributed by atoms with Crippen molar-refractivity contribution in [3.8, 4) is 0 Å². The number of aliphatic hydroxyl groups excluding tert-OH is 5. The predicted octanol–water partition coefficient (Wildman–Crippen LogP) is 5.24. The fraction of sp³-hybridized carbons (Fsp3) is 0.957. The van der Waals surface area contributed by atoms with Gasteiger partial charge in [0, 0.05) is 24.4 Å². The van der Waals surface area contributed by atoms with Crippen molar-refractivity contribution in [2.24, 2.45) is 29.6 Å². The molecule has 4 rings (SSSR count). The first-order chi connectivity index (χ1) is 28.9. The molecule has 2 saturated heterocycles. The number of unbranched alkanes of at least 4 members (excludes halogenated alkanes) is 2. The molecule has 4 fully saturated rings. The van der Waals surface area contributed by atoms with Crippen LogP contribution in [-0.2, 0) is 33.3 Å². The average molecular weight is 983 g/mol. The van der Waals surface area contributed by atoms with Crippen LogP contribution < -0.4 is 5.32 Å². The van der Waals surface area contributed by atoms with E-state index >= 15 is 0 Å². The third-order valence-electron chi connectivity index (χ3n) is 14.7. The van der Waals surface area contributed by atoms with Crippen LogP contribution in [0.2, 0.25) is 0 Å². The fourth-order valence-corrected chi connectivity index (χ4v) is 11.4. The normalized spacial score (nSPS) is 39.2. The van der Waals surface area contributed by atoms with Gasteiger partial charge in [-0.3, -0.25) is 9.59 Å². The van der Waals surface area contributed by atoms with Crippen molar-refractivity contribution >= 4 is 34.4 Å². The lowest BCUT2D eigenvalue weighted by Crippen LogP contribution is -2.67. The van der Waals surface area contributed by atoms with Crippen LogP contribution in [0.4, 0.5) is 0 Å². The van der Waals surface area contributed by atoms with Crippen molar-refractivity contribution in [3.05, 3.63) is 0 Å². The highest BCUT2D eigenvalue weighted by Crippen LogP contribution is 2.49. The average Bonchev–Trinajstić information content (AvgIpc) is 3.24. The van der Waals surface area contributed by atoms with Gasteiger partial charge in [-0.25, -0.2) is 0 Å². The molecular weight excluding hydrogens is 899 g/mol. The second kappa shape index (κ2) is 24.7. The zero-order valence-electron chi connectivity index (χ0n) is 38.6. The van der Waals surface area contributed by atoms with Gasteiger partial charge in [-0.15, -0.1) is 0 Å². The van der Waals surface area contributed by atoms with E-state index in [0.717, 1.165) is 57.8 Å². The van der Waals surface area contributed by atoms with E-state index in [4.69, 9.17) is 23.7 Å². The molecule has 4 aliphatic rings. The van der Waals surface area contributed by atoms with Crippen molar-refractivity contribution < 1.29 is 58.8 Å². The molecule has 2 amide bonds. The molecule has 6 N–H and O–H groups in total. The molecule has 0 radical (unpaired) electrons. The summed E-state index contributed by atoms with van der Waals surface area (Å²) >= 11 is 2.62. The minimum absolute atomic E-state index is 0.0597. The van der Waals surface area contributed by atoms with Crippen molar-refractivity contribution in [2.75, 3.05) is 20.7 Å². The number of carbonyl (C=O) groups excluding carboxylic acids is 2. The molecular formula is C46H83IN2O12. The number of amides is 2. The number of nitrogens with one attached hydrogen (secondary N) is 1. The van der Waals surface area contributed by atoms with Gasteiger partial charge >= 0.3 is 0 Å². The molecule has 11 unspecified atom stereocenters. The molecule has 17 atom stereocenters. The molecule has 2 heterocycles. The van der Waals surface area contributed by atoms with Crippen LogP contribution in [0.3, 0.4) is 0 Å². The van der Waals surface area contributed by atoms with E-state index in [1.807, 2.05) is 0 Å². The van der Waals surface area contributed by atoms with Crippen LogP contribution in [0.25, 0.3) is 0 Å². The summed E-state index contributed by atoms with van der Waals surface area (Å²) in [4.78, 5) is 28.5. The molecule has 0 aromatic rings. The Morgan fingerprint density at radius 1 is 0.885 bits per heavy atom. The number of nitrogens with zero attached hydrogens (tertiary/aromatic N) is 1. The van der Waals surface area contributed by atoms with E-state index in [1.54, 1.807) is 21.0 Å². The first-order valence-electron chi connectivity index (χ1n) is 23.7. The second-order valence-corrected chi connectivity index (χ2v) is 21.3. The number of alkyl halides is 1. The first kappa shape index (κ1) is 52.9. The Hall–Kier alpha value is -0.730. The summed E-state index contributed by atoms with van der Waals surface area (Å²) in [5.41, 5.74) is 0. The number of likely N-dealkylation sites (N-methyl/N-ethyl adjacent to an activating group) is 1.